The van der Waals surface area contributed by atoms with E-state index < -0.39 is 27.3 Å². The molecule has 0 bridgehead atoms. The standard InChI is InChI=1S/C20H21ClN2O5S/c1-4-28-17-8-6-5-7-16(17)22-18(24)14-11-13(9-10-15(14)21)23-19(25)20(2,3)12-29(23,26)27/h5-11H,4,12H2,1-3H3,(H,22,24). The van der Waals surface area contributed by atoms with Gasteiger partial charge in [0.25, 0.3) is 5.91 Å². The van der Waals surface area contributed by atoms with Crippen LogP contribution in [0, 0.1) is 5.41 Å². The first-order valence-corrected chi connectivity index (χ1v) is 11.0. The van der Waals surface area contributed by atoms with E-state index in [9.17, 15) is 18.0 Å². The third-order valence-corrected chi connectivity index (χ3v) is 6.80. The molecule has 0 spiro atoms. The predicted molar refractivity (Wildman–Crippen MR) is 112 cm³/mol. The second-order valence-electron chi connectivity index (χ2n) is 7.26. The number of anilines is 2. The molecule has 1 heterocycles. The second kappa shape index (κ2) is 7.68. The van der Waals surface area contributed by atoms with Crippen molar-refractivity contribution in [2.45, 2.75) is 20.8 Å². The molecule has 3 rings (SSSR count). The molecule has 9 heteroatoms. The molecular formula is C20H21ClN2O5S. The lowest BCUT2D eigenvalue weighted by Crippen LogP contribution is -2.33. The Hall–Kier alpha value is -2.58. The van der Waals surface area contributed by atoms with E-state index in [0.717, 1.165) is 4.31 Å². The Labute approximate surface area is 174 Å². The van der Waals surface area contributed by atoms with Crippen molar-refractivity contribution in [2.24, 2.45) is 5.41 Å². The summed E-state index contributed by atoms with van der Waals surface area (Å²) in [5, 5.41) is 2.85. The summed E-state index contributed by atoms with van der Waals surface area (Å²) >= 11 is 6.18. The Kier molecular flexibility index (Phi) is 5.60. The quantitative estimate of drug-likeness (QED) is 0.771. The summed E-state index contributed by atoms with van der Waals surface area (Å²) < 4.78 is 31.3. The van der Waals surface area contributed by atoms with Gasteiger partial charge in [0, 0.05) is 0 Å². The van der Waals surface area contributed by atoms with Crippen LogP contribution in [-0.4, -0.2) is 32.6 Å². The van der Waals surface area contributed by atoms with Crippen LogP contribution in [-0.2, 0) is 14.8 Å². The number of benzene rings is 2. The maximum atomic E-state index is 12.8. The lowest BCUT2D eigenvalue weighted by atomic mass is 9.95. The smallest absolute Gasteiger partial charge is 0.257 e. The van der Waals surface area contributed by atoms with Crippen molar-refractivity contribution in [2.75, 3.05) is 22.0 Å². The maximum Gasteiger partial charge on any atom is 0.257 e. The molecule has 2 aromatic carbocycles. The van der Waals surface area contributed by atoms with Gasteiger partial charge in [-0.2, -0.15) is 0 Å². The molecule has 7 nitrogen and oxygen atoms in total. The first-order valence-electron chi connectivity index (χ1n) is 8.97. The highest BCUT2D eigenvalue weighted by atomic mass is 35.5. The normalized spacial score (nSPS) is 17.2. The number of carbonyl (C=O) groups excluding carboxylic acids is 2. The van der Waals surface area contributed by atoms with E-state index in [1.165, 1.54) is 18.2 Å². The van der Waals surface area contributed by atoms with Crippen molar-refractivity contribution >= 4 is 44.8 Å². The van der Waals surface area contributed by atoms with Crippen LogP contribution in [0.25, 0.3) is 0 Å². The predicted octanol–water partition coefficient (Wildman–Crippen LogP) is 3.69. The van der Waals surface area contributed by atoms with Gasteiger partial charge in [0.1, 0.15) is 5.75 Å². The summed E-state index contributed by atoms with van der Waals surface area (Å²) in [6, 6.07) is 11.0. The van der Waals surface area contributed by atoms with Crippen LogP contribution in [0.3, 0.4) is 0 Å². The third-order valence-electron chi connectivity index (χ3n) is 4.45. The number of hydrogen-bond donors (Lipinski definition) is 1. The van der Waals surface area contributed by atoms with E-state index in [1.807, 2.05) is 6.92 Å². The fourth-order valence-corrected chi connectivity index (χ4v) is 5.42. The second-order valence-corrected chi connectivity index (χ2v) is 9.48. The number of sulfonamides is 1. The molecule has 0 saturated carbocycles. The molecular weight excluding hydrogens is 416 g/mol. The molecule has 1 fully saturated rings. The number of carbonyl (C=O) groups is 2. The zero-order chi connectivity index (χ0) is 21.4. The average molecular weight is 437 g/mol. The number of para-hydroxylation sites is 2. The van der Waals surface area contributed by atoms with Gasteiger partial charge in [0.15, 0.2) is 0 Å². The molecule has 0 unspecified atom stereocenters. The summed E-state index contributed by atoms with van der Waals surface area (Å²) in [6.07, 6.45) is 0. The fraction of sp³-hybridized carbons (Fsp3) is 0.300. The molecule has 1 aliphatic heterocycles. The molecule has 0 aliphatic carbocycles. The molecule has 154 valence electrons. The van der Waals surface area contributed by atoms with Crippen LogP contribution in [0.4, 0.5) is 11.4 Å². The van der Waals surface area contributed by atoms with Gasteiger partial charge in [-0.05, 0) is 51.1 Å². The van der Waals surface area contributed by atoms with Gasteiger partial charge in [-0.15, -0.1) is 0 Å². The number of halogens is 1. The Morgan fingerprint density at radius 3 is 2.55 bits per heavy atom. The van der Waals surface area contributed by atoms with Crippen molar-refractivity contribution in [1.82, 2.24) is 0 Å². The van der Waals surface area contributed by atoms with Gasteiger partial charge < -0.3 is 10.1 Å². The number of nitrogens with one attached hydrogen (secondary N) is 1. The van der Waals surface area contributed by atoms with Crippen LogP contribution < -0.4 is 14.4 Å². The minimum absolute atomic E-state index is 0.0446. The van der Waals surface area contributed by atoms with Crippen molar-refractivity contribution in [3.05, 3.63) is 53.1 Å². The highest BCUT2D eigenvalue weighted by Gasteiger charge is 2.50. The first-order chi connectivity index (χ1) is 13.6. The van der Waals surface area contributed by atoms with E-state index >= 15 is 0 Å². The topological polar surface area (TPSA) is 92.8 Å². The largest absolute Gasteiger partial charge is 0.492 e. The van der Waals surface area contributed by atoms with E-state index in [0.29, 0.717) is 18.0 Å². The van der Waals surface area contributed by atoms with Crippen molar-refractivity contribution < 1.29 is 22.7 Å². The Morgan fingerprint density at radius 2 is 1.93 bits per heavy atom. The fourth-order valence-electron chi connectivity index (χ4n) is 3.12. The molecule has 1 N–H and O–H groups in total. The van der Waals surface area contributed by atoms with Crippen molar-refractivity contribution in [3.63, 3.8) is 0 Å². The van der Waals surface area contributed by atoms with Gasteiger partial charge in [-0.1, -0.05) is 23.7 Å². The molecule has 0 aromatic heterocycles. The third kappa shape index (κ3) is 4.09. The number of hydrogen-bond acceptors (Lipinski definition) is 5. The van der Waals surface area contributed by atoms with Crippen LogP contribution in [0.2, 0.25) is 5.02 Å². The minimum atomic E-state index is -3.84. The Bertz CT molecular complexity index is 1080. The molecule has 0 atom stereocenters. The molecule has 1 saturated heterocycles. The molecule has 2 aromatic rings. The summed E-state index contributed by atoms with van der Waals surface area (Å²) in [5.74, 6) is -0.903. The van der Waals surface area contributed by atoms with E-state index in [4.69, 9.17) is 16.3 Å². The van der Waals surface area contributed by atoms with Gasteiger partial charge in [0.2, 0.25) is 15.9 Å². The lowest BCUT2D eigenvalue weighted by Gasteiger charge is -2.19. The summed E-state index contributed by atoms with van der Waals surface area (Å²) in [6.45, 7) is 5.39. The number of rotatable bonds is 5. The summed E-state index contributed by atoms with van der Waals surface area (Å²) in [4.78, 5) is 25.4. The van der Waals surface area contributed by atoms with Crippen LogP contribution in [0.1, 0.15) is 31.1 Å². The van der Waals surface area contributed by atoms with Gasteiger partial charge >= 0.3 is 0 Å². The first kappa shape index (κ1) is 21.1. The lowest BCUT2D eigenvalue weighted by molar-refractivity contribution is -0.123. The van der Waals surface area contributed by atoms with Crippen LogP contribution in [0.15, 0.2) is 42.5 Å². The average Bonchev–Trinajstić information content (AvgIpc) is 2.80. The van der Waals surface area contributed by atoms with Crippen molar-refractivity contribution in [3.8, 4) is 5.75 Å². The molecule has 1 aliphatic rings. The van der Waals surface area contributed by atoms with E-state index in [1.54, 1.807) is 38.1 Å². The van der Waals surface area contributed by atoms with E-state index in [-0.39, 0.29) is 22.0 Å². The summed E-state index contributed by atoms with van der Waals surface area (Å²) in [7, 11) is -3.84. The number of amides is 2. The van der Waals surface area contributed by atoms with E-state index in [2.05, 4.69) is 5.32 Å². The van der Waals surface area contributed by atoms with Gasteiger partial charge in [-0.25, -0.2) is 12.7 Å². The number of nitrogens with zero attached hydrogens (tertiary/aromatic N) is 1. The van der Waals surface area contributed by atoms with Gasteiger partial charge in [-0.3, -0.25) is 9.59 Å². The van der Waals surface area contributed by atoms with Crippen LogP contribution >= 0.6 is 11.6 Å². The maximum absolute atomic E-state index is 12.8. The monoisotopic (exact) mass is 436 g/mol. The van der Waals surface area contributed by atoms with Gasteiger partial charge in [0.05, 0.1) is 39.7 Å². The molecule has 29 heavy (non-hydrogen) atoms. The van der Waals surface area contributed by atoms with Crippen LogP contribution in [0.5, 0.6) is 5.75 Å². The highest BCUT2D eigenvalue weighted by molar-refractivity contribution is 7.94. The molecule has 0 radical (unpaired) electrons. The zero-order valence-electron chi connectivity index (χ0n) is 16.2. The summed E-state index contributed by atoms with van der Waals surface area (Å²) in [5.41, 5.74) is -0.472. The molecule has 2 amide bonds. The Morgan fingerprint density at radius 1 is 1.24 bits per heavy atom. The minimum Gasteiger partial charge on any atom is -0.492 e. The highest BCUT2D eigenvalue weighted by Crippen LogP contribution is 2.37. The number of ether oxygens (including phenoxy) is 1. The van der Waals surface area contributed by atoms with Crippen molar-refractivity contribution in [1.29, 1.82) is 0 Å². The zero-order valence-corrected chi connectivity index (χ0v) is 17.8. The Balaban J connectivity index is 1.96. The SMILES string of the molecule is CCOc1ccccc1NC(=O)c1cc(N2C(=O)C(C)(C)CS2(=O)=O)ccc1Cl.